The Morgan fingerprint density at radius 3 is 1.73 bits per heavy atom. The van der Waals surface area contributed by atoms with Crippen molar-refractivity contribution in [1.29, 1.82) is 0 Å². The minimum atomic E-state index is 0.221. The van der Waals surface area contributed by atoms with Gasteiger partial charge in [0.2, 0.25) is 19.5 Å². The molecule has 0 amide bonds. The maximum Gasteiger partial charge on any atom is 0.231 e. The van der Waals surface area contributed by atoms with Crippen LogP contribution in [0.15, 0.2) is 83.0 Å². The zero-order valence-electron chi connectivity index (χ0n) is 19.4. The van der Waals surface area contributed by atoms with Gasteiger partial charge in [-0.25, -0.2) is 0 Å². The summed E-state index contributed by atoms with van der Waals surface area (Å²) in [5.74, 6) is 4.11. The lowest BCUT2D eigenvalue weighted by Gasteiger charge is -2.09. The highest BCUT2D eigenvalue weighted by molar-refractivity contribution is 5.82. The molecule has 3 N–H and O–H groups in total. The molecule has 37 heavy (non-hydrogen) atoms. The van der Waals surface area contributed by atoms with Gasteiger partial charge in [-0.3, -0.25) is 10.9 Å². The van der Waals surface area contributed by atoms with Crippen molar-refractivity contribution in [1.82, 2.24) is 9.97 Å². The average molecular weight is 495 g/mol. The fraction of sp³-hybridized carbons (Fsp3) is 0.0769. The first-order valence-electron chi connectivity index (χ1n) is 11.4. The Hall–Kier alpha value is -5.32. The molecule has 0 unspecified atom stereocenters. The van der Waals surface area contributed by atoms with Crippen molar-refractivity contribution in [2.45, 2.75) is 0 Å². The van der Waals surface area contributed by atoms with Crippen LogP contribution in [0.4, 0.5) is 23.3 Å². The molecule has 0 fully saturated rings. The first-order valence-corrected chi connectivity index (χ1v) is 11.4. The van der Waals surface area contributed by atoms with E-state index in [9.17, 15) is 0 Å². The van der Waals surface area contributed by atoms with Crippen molar-refractivity contribution in [3.63, 3.8) is 0 Å². The number of fused-ring (bicyclic) bond motifs is 2. The molecule has 0 atom stereocenters. The molecule has 0 bridgehead atoms. The zero-order valence-corrected chi connectivity index (χ0v) is 19.4. The summed E-state index contributed by atoms with van der Waals surface area (Å²) in [6.07, 6.45) is 3.33. The summed E-state index contributed by atoms with van der Waals surface area (Å²) in [6.45, 7) is 0.443. The molecule has 0 saturated heterocycles. The van der Waals surface area contributed by atoms with Gasteiger partial charge < -0.3 is 24.3 Å². The molecule has 2 aliphatic heterocycles. The van der Waals surface area contributed by atoms with E-state index in [4.69, 9.17) is 18.9 Å². The summed E-state index contributed by atoms with van der Waals surface area (Å²) < 4.78 is 21.5. The van der Waals surface area contributed by atoms with E-state index in [1.165, 1.54) is 0 Å². The lowest BCUT2D eigenvalue weighted by molar-refractivity contribution is 0.173. The van der Waals surface area contributed by atoms with Gasteiger partial charge in [0.05, 0.1) is 12.4 Å². The third-order valence-electron chi connectivity index (χ3n) is 5.33. The molecule has 11 heteroatoms. The second kappa shape index (κ2) is 10.1. The van der Waals surface area contributed by atoms with Gasteiger partial charge in [-0.05, 0) is 59.7 Å². The lowest BCUT2D eigenvalue weighted by atomic mass is 10.2. The maximum atomic E-state index is 5.42. The molecule has 0 saturated carbocycles. The topological polar surface area (TPSA) is 124 Å². The number of aromatic nitrogens is 2. The SMILES string of the molecule is C(=NNc1cc(NN=Cc2ccc3c(c2)OCO3)nc(Nc2ccccc2)n1)c1ccc2c(c1)OCO2. The molecule has 11 nitrogen and oxygen atoms in total. The largest absolute Gasteiger partial charge is 0.454 e. The normalized spacial score (nSPS) is 13.3. The monoisotopic (exact) mass is 495 g/mol. The summed E-state index contributed by atoms with van der Waals surface area (Å²) in [5, 5.41) is 11.8. The zero-order chi connectivity index (χ0) is 24.9. The minimum Gasteiger partial charge on any atom is -0.454 e. The Balaban J connectivity index is 1.19. The van der Waals surface area contributed by atoms with Crippen LogP contribution in [0, 0.1) is 0 Å². The van der Waals surface area contributed by atoms with Crippen LogP contribution in [0.25, 0.3) is 0 Å². The summed E-state index contributed by atoms with van der Waals surface area (Å²) in [5.41, 5.74) is 8.44. The van der Waals surface area contributed by atoms with Crippen molar-refractivity contribution < 1.29 is 18.9 Å². The molecule has 184 valence electrons. The Labute approximate surface area is 211 Å². The number of hydrogen-bond acceptors (Lipinski definition) is 11. The van der Waals surface area contributed by atoms with E-state index in [1.807, 2.05) is 66.7 Å². The first-order chi connectivity index (χ1) is 18.3. The van der Waals surface area contributed by atoms with Crippen LogP contribution in [0.5, 0.6) is 23.0 Å². The van der Waals surface area contributed by atoms with Crippen LogP contribution in [-0.4, -0.2) is 36.0 Å². The summed E-state index contributed by atoms with van der Waals surface area (Å²) in [7, 11) is 0. The molecule has 6 rings (SSSR count). The number of hydrogen-bond donors (Lipinski definition) is 3. The van der Waals surface area contributed by atoms with E-state index in [0.29, 0.717) is 29.1 Å². The van der Waals surface area contributed by atoms with E-state index in [-0.39, 0.29) is 13.6 Å². The number of anilines is 4. The van der Waals surface area contributed by atoms with Gasteiger partial charge in [-0.1, -0.05) is 18.2 Å². The highest BCUT2D eigenvalue weighted by Crippen LogP contribution is 2.33. The van der Waals surface area contributed by atoms with Gasteiger partial charge in [-0.2, -0.15) is 20.2 Å². The van der Waals surface area contributed by atoms with Crippen molar-refractivity contribution >= 4 is 35.7 Å². The number of benzene rings is 3. The number of nitrogens with zero attached hydrogens (tertiary/aromatic N) is 4. The van der Waals surface area contributed by atoms with Crippen molar-refractivity contribution in [2.24, 2.45) is 10.2 Å². The number of nitrogens with one attached hydrogen (secondary N) is 3. The van der Waals surface area contributed by atoms with E-state index in [2.05, 4.69) is 36.3 Å². The van der Waals surface area contributed by atoms with Crippen LogP contribution in [0.3, 0.4) is 0 Å². The highest BCUT2D eigenvalue weighted by atomic mass is 16.7. The number of para-hydroxylation sites is 1. The van der Waals surface area contributed by atoms with E-state index >= 15 is 0 Å². The second-order valence-corrected chi connectivity index (χ2v) is 7.92. The van der Waals surface area contributed by atoms with Gasteiger partial charge in [0, 0.05) is 11.8 Å². The highest BCUT2D eigenvalue weighted by Gasteiger charge is 2.13. The molecule has 0 radical (unpaired) electrons. The van der Waals surface area contributed by atoms with Crippen LogP contribution < -0.4 is 35.1 Å². The predicted octanol–water partition coefficient (Wildman–Crippen LogP) is 4.57. The van der Waals surface area contributed by atoms with Crippen molar-refractivity contribution in [3.05, 3.63) is 83.9 Å². The smallest absolute Gasteiger partial charge is 0.231 e. The Morgan fingerprint density at radius 2 is 1.16 bits per heavy atom. The van der Waals surface area contributed by atoms with Crippen LogP contribution in [-0.2, 0) is 0 Å². The second-order valence-electron chi connectivity index (χ2n) is 7.92. The first kappa shape index (κ1) is 22.2. The van der Waals surface area contributed by atoms with E-state index in [1.54, 1.807) is 18.5 Å². The molecular formula is C26H21N7O4. The average Bonchev–Trinajstić information content (AvgIpc) is 3.58. The molecule has 1 aromatic heterocycles. The molecule has 2 aliphatic rings. The van der Waals surface area contributed by atoms with Crippen molar-refractivity contribution in [2.75, 3.05) is 29.8 Å². The predicted molar refractivity (Wildman–Crippen MR) is 139 cm³/mol. The molecule has 0 aliphatic carbocycles. The lowest BCUT2D eigenvalue weighted by Crippen LogP contribution is -2.04. The van der Waals surface area contributed by atoms with Gasteiger partial charge in [0.1, 0.15) is 0 Å². The molecule has 4 aromatic rings. The third-order valence-corrected chi connectivity index (χ3v) is 5.33. The Kier molecular flexibility index (Phi) is 6.06. The molecule has 0 spiro atoms. The van der Waals surface area contributed by atoms with Gasteiger partial charge in [-0.15, -0.1) is 0 Å². The van der Waals surface area contributed by atoms with Gasteiger partial charge >= 0.3 is 0 Å². The fourth-order valence-corrected chi connectivity index (χ4v) is 3.60. The Morgan fingerprint density at radius 1 is 0.622 bits per heavy atom. The Bertz CT molecular complexity index is 1390. The molecular weight excluding hydrogens is 474 g/mol. The number of rotatable bonds is 8. The summed E-state index contributed by atoms with van der Waals surface area (Å²) in [4.78, 5) is 9.02. The number of ether oxygens (including phenoxy) is 4. The van der Waals surface area contributed by atoms with E-state index < -0.39 is 0 Å². The van der Waals surface area contributed by atoms with Crippen LogP contribution in [0.2, 0.25) is 0 Å². The maximum absolute atomic E-state index is 5.42. The summed E-state index contributed by atoms with van der Waals surface area (Å²) in [6, 6.07) is 22.5. The molecule has 3 heterocycles. The van der Waals surface area contributed by atoms with Crippen molar-refractivity contribution in [3.8, 4) is 23.0 Å². The van der Waals surface area contributed by atoms with Gasteiger partial charge in [0.25, 0.3) is 0 Å². The minimum absolute atomic E-state index is 0.221. The molecule has 3 aromatic carbocycles. The number of hydrazone groups is 2. The summed E-state index contributed by atoms with van der Waals surface area (Å²) >= 11 is 0. The third kappa shape index (κ3) is 5.35. The standard InChI is InChI=1S/C26H21N7O4/c1-2-4-19(5-3-1)29-26-30-24(32-27-13-17-6-8-20-22(10-17)36-15-34-20)12-25(31-26)33-28-14-18-7-9-21-23(11-18)37-16-35-21/h1-14H,15-16H2,(H3,29,30,31,32,33). The van der Waals surface area contributed by atoms with Crippen LogP contribution in [0.1, 0.15) is 11.1 Å². The quantitative estimate of drug-likeness (QED) is 0.238. The van der Waals surface area contributed by atoms with E-state index in [0.717, 1.165) is 28.3 Å². The fourth-order valence-electron chi connectivity index (χ4n) is 3.60. The van der Waals surface area contributed by atoms with Gasteiger partial charge in [0.15, 0.2) is 34.6 Å². The van der Waals surface area contributed by atoms with Crippen LogP contribution >= 0.6 is 0 Å².